The van der Waals surface area contributed by atoms with E-state index in [0.29, 0.717) is 11.8 Å². The fourth-order valence-electron chi connectivity index (χ4n) is 3.66. The molecule has 3 rings (SSSR count). The highest BCUT2D eigenvalue weighted by Crippen LogP contribution is 2.55. The van der Waals surface area contributed by atoms with Crippen molar-refractivity contribution in [2.45, 2.75) is 25.4 Å². The minimum absolute atomic E-state index is 0.000324. The van der Waals surface area contributed by atoms with Crippen LogP contribution in [0.1, 0.15) is 19.3 Å². The van der Waals surface area contributed by atoms with Gasteiger partial charge in [-0.3, -0.25) is 9.59 Å². The summed E-state index contributed by atoms with van der Waals surface area (Å²) >= 11 is 0. The van der Waals surface area contributed by atoms with E-state index in [9.17, 15) is 9.59 Å². The summed E-state index contributed by atoms with van der Waals surface area (Å²) in [5, 5.41) is 0. The molecule has 4 heteroatoms. The van der Waals surface area contributed by atoms with Gasteiger partial charge in [-0.25, -0.2) is 0 Å². The quantitative estimate of drug-likeness (QED) is 0.473. The standard InChI is InChI=1S/C11H14O4/c1-14-10(12)8-7-5-2-3-6(4-5)9(7)15-11(8)13/h5-9H,2-4H2,1H3. The van der Waals surface area contributed by atoms with Gasteiger partial charge in [-0.05, 0) is 31.1 Å². The molecule has 0 N–H and O–H groups in total. The van der Waals surface area contributed by atoms with Gasteiger partial charge in [-0.15, -0.1) is 0 Å². The maximum absolute atomic E-state index is 11.6. The molecule has 3 aliphatic rings. The predicted octanol–water partition coefficient (Wildman–Crippen LogP) is 0.747. The van der Waals surface area contributed by atoms with E-state index in [1.54, 1.807) is 0 Å². The Morgan fingerprint density at radius 2 is 2.13 bits per heavy atom. The first-order valence-electron chi connectivity index (χ1n) is 5.50. The van der Waals surface area contributed by atoms with Crippen molar-refractivity contribution in [1.29, 1.82) is 0 Å². The van der Waals surface area contributed by atoms with Gasteiger partial charge in [0.2, 0.25) is 0 Å². The molecule has 0 aromatic carbocycles. The molecule has 0 aromatic rings. The van der Waals surface area contributed by atoms with Crippen molar-refractivity contribution < 1.29 is 19.1 Å². The zero-order valence-corrected chi connectivity index (χ0v) is 8.64. The molecule has 3 fully saturated rings. The van der Waals surface area contributed by atoms with Crippen LogP contribution in [0.2, 0.25) is 0 Å². The lowest BCUT2D eigenvalue weighted by Gasteiger charge is -2.23. The highest BCUT2D eigenvalue weighted by Gasteiger charge is 2.61. The highest BCUT2D eigenvalue weighted by atomic mass is 16.6. The van der Waals surface area contributed by atoms with Crippen LogP contribution in [0, 0.1) is 23.7 Å². The normalized spacial score (nSPS) is 46.5. The summed E-state index contributed by atoms with van der Waals surface area (Å²) < 4.78 is 10.00. The first-order chi connectivity index (χ1) is 7.22. The number of carbonyl (C=O) groups is 2. The van der Waals surface area contributed by atoms with Crippen LogP contribution < -0.4 is 0 Å². The van der Waals surface area contributed by atoms with Crippen molar-refractivity contribution in [3.63, 3.8) is 0 Å². The summed E-state index contributed by atoms with van der Waals surface area (Å²) in [5.74, 6) is -0.332. The van der Waals surface area contributed by atoms with Crippen LogP contribution in [0.25, 0.3) is 0 Å². The molecule has 0 spiro atoms. The maximum Gasteiger partial charge on any atom is 0.321 e. The number of rotatable bonds is 1. The molecular formula is C11H14O4. The summed E-state index contributed by atoms with van der Waals surface area (Å²) in [5.41, 5.74) is 0. The third-order valence-corrected chi connectivity index (χ3v) is 4.25. The van der Waals surface area contributed by atoms with Crippen molar-refractivity contribution in [3.8, 4) is 0 Å². The first-order valence-corrected chi connectivity index (χ1v) is 5.50. The van der Waals surface area contributed by atoms with Gasteiger partial charge in [-0.2, -0.15) is 0 Å². The minimum Gasteiger partial charge on any atom is -0.468 e. The smallest absolute Gasteiger partial charge is 0.321 e. The van der Waals surface area contributed by atoms with E-state index in [1.807, 2.05) is 0 Å². The Kier molecular flexibility index (Phi) is 1.82. The summed E-state index contributed by atoms with van der Waals surface area (Å²) in [7, 11) is 1.33. The van der Waals surface area contributed by atoms with E-state index < -0.39 is 11.9 Å². The molecule has 82 valence electrons. The molecule has 0 radical (unpaired) electrons. The van der Waals surface area contributed by atoms with E-state index in [2.05, 4.69) is 4.74 Å². The number of hydrogen-bond donors (Lipinski definition) is 0. The van der Waals surface area contributed by atoms with E-state index in [4.69, 9.17) is 4.74 Å². The fourth-order valence-corrected chi connectivity index (χ4v) is 3.66. The third kappa shape index (κ3) is 1.08. The number of carbonyl (C=O) groups excluding carboxylic acids is 2. The molecular weight excluding hydrogens is 196 g/mol. The van der Waals surface area contributed by atoms with E-state index >= 15 is 0 Å². The molecule has 0 aromatic heterocycles. The first kappa shape index (κ1) is 9.19. The lowest BCUT2D eigenvalue weighted by molar-refractivity contribution is -0.156. The molecule has 1 heterocycles. The number of esters is 2. The van der Waals surface area contributed by atoms with Crippen LogP contribution in [0.3, 0.4) is 0 Å². The van der Waals surface area contributed by atoms with Crippen LogP contribution in [-0.2, 0) is 19.1 Å². The average Bonchev–Trinajstić information content (AvgIpc) is 2.86. The molecule has 5 atom stereocenters. The summed E-state index contributed by atoms with van der Waals surface area (Å²) in [6, 6.07) is 0. The number of ether oxygens (including phenoxy) is 2. The van der Waals surface area contributed by atoms with Crippen molar-refractivity contribution in [2.24, 2.45) is 23.7 Å². The van der Waals surface area contributed by atoms with Gasteiger partial charge in [0.25, 0.3) is 0 Å². The monoisotopic (exact) mass is 210 g/mol. The van der Waals surface area contributed by atoms with Crippen LogP contribution in [0.5, 0.6) is 0 Å². The molecule has 1 aliphatic heterocycles. The molecule has 2 bridgehead atoms. The van der Waals surface area contributed by atoms with Crippen LogP contribution in [0.15, 0.2) is 0 Å². The molecule has 2 saturated carbocycles. The zero-order chi connectivity index (χ0) is 10.6. The minimum atomic E-state index is -0.643. The van der Waals surface area contributed by atoms with Gasteiger partial charge in [-0.1, -0.05) is 0 Å². The van der Waals surface area contributed by atoms with Crippen LogP contribution >= 0.6 is 0 Å². The molecule has 15 heavy (non-hydrogen) atoms. The lowest BCUT2D eigenvalue weighted by Crippen LogP contribution is -2.32. The maximum atomic E-state index is 11.6. The van der Waals surface area contributed by atoms with Crippen molar-refractivity contribution in [1.82, 2.24) is 0 Å². The van der Waals surface area contributed by atoms with Gasteiger partial charge in [0.1, 0.15) is 6.10 Å². The fraction of sp³-hybridized carbons (Fsp3) is 0.818. The summed E-state index contributed by atoms with van der Waals surface area (Å²) in [6.07, 6.45) is 3.40. The van der Waals surface area contributed by atoms with Gasteiger partial charge in [0, 0.05) is 5.92 Å². The Labute approximate surface area is 87.9 Å². The SMILES string of the molecule is COC(=O)C1C(=O)OC2C3CCC(C3)C12. The van der Waals surface area contributed by atoms with E-state index in [1.165, 1.54) is 7.11 Å². The Hall–Kier alpha value is -1.06. The number of hydrogen-bond acceptors (Lipinski definition) is 4. The third-order valence-electron chi connectivity index (χ3n) is 4.25. The Bertz CT molecular complexity index is 325. The van der Waals surface area contributed by atoms with Crippen molar-refractivity contribution in [2.75, 3.05) is 7.11 Å². The zero-order valence-electron chi connectivity index (χ0n) is 8.64. The van der Waals surface area contributed by atoms with Gasteiger partial charge in [0.15, 0.2) is 5.92 Å². The second-order valence-corrected chi connectivity index (χ2v) is 4.81. The highest BCUT2D eigenvalue weighted by molar-refractivity contribution is 5.97. The average molecular weight is 210 g/mol. The van der Waals surface area contributed by atoms with Crippen molar-refractivity contribution in [3.05, 3.63) is 0 Å². The van der Waals surface area contributed by atoms with Gasteiger partial charge >= 0.3 is 11.9 Å². The molecule has 4 nitrogen and oxygen atoms in total. The second-order valence-electron chi connectivity index (χ2n) is 4.81. The van der Waals surface area contributed by atoms with Gasteiger partial charge in [0.05, 0.1) is 7.11 Å². The molecule has 1 saturated heterocycles. The molecule has 2 aliphatic carbocycles. The number of methoxy groups -OCH3 is 1. The predicted molar refractivity (Wildman–Crippen MR) is 49.7 cm³/mol. The van der Waals surface area contributed by atoms with Crippen molar-refractivity contribution >= 4 is 11.9 Å². The second kappa shape index (κ2) is 2.97. The van der Waals surface area contributed by atoms with E-state index in [-0.39, 0.29) is 18.0 Å². The molecule has 5 unspecified atom stereocenters. The summed E-state index contributed by atoms with van der Waals surface area (Å²) in [6.45, 7) is 0. The van der Waals surface area contributed by atoms with Gasteiger partial charge < -0.3 is 9.47 Å². The Morgan fingerprint density at radius 1 is 1.40 bits per heavy atom. The number of fused-ring (bicyclic) bond motifs is 5. The Balaban J connectivity index is 1.90. The van der Waals surface area contributed by atoms with E-state index in [0.717, 1.165) is 19.3 Å². The van der Waals surface area contributed by atoms with Crippen LogP contribution in [-0.4, -0.2) is 25.2 Å². The largest absolute Gasteiger partial charge is 0.468 e. The topological polar surface area (TPSA) is 52.6 Å². The Morgan fingerprint density at radius 3 is 2.87 bits per heavy atom. The van der Waals surface area contributed by atoms with Crippen LogP contribution in [0.4, 0.5) is 0 Å². The lowest BCUT2D eigenvalue weighted by atomic mass is 9.79. The summed E-state index contributed by atoms with van der Waals surface area (Å²) in [4.78, 5) is 23.1. The molecule has 0 amide bonds.